The fourth-order valence-electron chi connectivity index (χ4n) is 1.87. The van der Waals surface area contributed by atoms with Gasteiger partial charge in [0.2, 0.25) is 0 Å². The standard InChI is InChI=1S/C14H22BrNO/c1-14(2,10-15)11-16(3)9-12-5-7-13(17-4)8-6-12/h5-8H,9-11H2,1-4H3. The second kappa shape index (κ2) is 6.41. The number of rotatable bonds is 6. The molecule has 0 N–H and O–H groups in total. The molecule has 1 aromatic rings. The first-order valence-corrected chi connectivity index (χ1v) is 6.96. The smallest absolute Gasteiger partial charge is 0.118 e. The number of halogens is 1. The van der Waals surface area contributed by atoms with Gasteiger partial charge in [-0.3, -0.25) is 0 Å². The van der Waals surface area contributed by atoms with E-state index in [2.05, 4.69) is 53.9 Å². The van der Waals surface area contributed by atoms with Crippen molar-refractivity contribution in [2.75, 3.05) is 26.0 Å². The molecule has 3 heteroatoms. The first-order valence-electron chi connectivity index (χ1n) is 5.84. The Morgan fingerprint density at radius 3 is 2.29 bits per heavy atom. The number of nitrogens with zero attached hydrogens (tertiary/aromatic N) is 1. The van der Waals surface area contributed by atoms with Gasteiger partial charge in [0.15, 0.2) is 0 Å². The quantitative estimate of drug-likeness (QED) is 0.745. The Morgan fingerprint density at radius 1 is 1.24 bits per heavy atom. The molecule has 0 unspecified atom stereocenters. The molecule has 0 aliphatic heterocycles. The third-order valence-electron chi connectivity index (χ3n) is 2.67. The van der Waals surface area contributed by atoms with Crippen LogP contribution in [0.25, 0.3) is 0 Å². The Kier molecular flexibility index (Phi) is 5.47. The van der Waals surface area contributed by atoms with Gasteiger partial charge in [-0.1, -0.05) is 41.9 Å². The zero-order valence-electron chi connectivity index (χ0n) is 11.2. The highest BCUT2D eigenvalue weighted by atomic mass is 79.9. The Hall–Kier alpha value is -0.540. The number of methoxy groups -OCH3 is 1. The fraction of sp³-hybridized carbons (Fsp3) is 0.571. The molecule has 2 nitrogen and oxygen atoms in total. The second-order valence-corrected chi connectivity index (χ2v) is 5.88. The van der Waals surface area contributed by atoms with Crippen LogP contribution in [0.3, 0.4) is 0 Å². The van der Waals surface area contributed by atoms with E-state index in [9.17, 15) is 0 Å². The average molecular weight is 300 g/mol. The van der Waals surface area contributed by atoms with Crippen LogP contribution in [0.1, 0.15) is 19.4 Å². The summed E-state index contributed by atoms with van der Waals surface area (Å²) in [6.45, 7) is 6.59. The molecule has 96 valence electrons. The minimum atomic E-state index is 0.307. The van der Waals surface area contributed by atoms with Crippen molar-refractivity contribution >= 4 is 15.9 Å². The van der Waals surface area contributed by atoms with E-state index in [0.717, 1.165) is 24.2 Å². The SMILES string of the molecule is COc1ccc(CN(C)CC(C)(C)CBr)cc1. The van der Waals surface area contributed by atoms with Crippen LogP contribution >= 0.6 is 15.9 Å². The maximum atomic E-state index is 5.15. The maximum absolute atomic E-state index is 5.15. The molecule has 0 saturated heterocycles. The molecule has 0 bridgehead atoms. The van der Waals surface area contributed by atoms with Crippen LogP contribution in [0.5, 0.6) is 5.75 Å². The van der Waals surface area contributed by atoms with Gasteiger partial charge in [-0.2, -0.15) is 0 Å². The van der Waals surface area contributed by atoms with E-state index < -0.39 is 0 Å². The lowest BCUT2D eigenvalue weighted by atomic mass is 9.96. The minimum absolute atomic E-state index is 0.307. The lowest BCUT2D eigenvalue weighted by Gasteiger charge is -2.28. The van der Waals surface area contributed by atoms with Crippen LogP contribution in [0.4, 0.5) is 0 Å². The van der Waals surface area contributed by atoms with Gasteiger partial charge >= 0.3 is 0 Å². The predicted molar refractivity (Wildman–Crippen MR) is 76.9 cm³/mol. The Balaban J connectivity index is 2.52. The van der Waals surface area contributed by atoms with Gasteiger partial charge in [-0.05, 0) is 30.2 Å². The number of hydrogen-bond donors (Lipinski definition) is 0. The average Bonchev–Trinajstić information content (AvgIpc) is 2.29. The van der Waals surface area contributed by atoms with E-state index in [0.29, 0.717) is 5.41 Å². The van der Waals surface area contributed by atoms with E-state index in [1.165, 1.54) is 5.56 Å². The molecular weight excluding hydrogens is 278 g/mol. The van der Waals surface area contributed by atoms with Gasteiger partial charge in [0.05, 0.1) is 7.11 Å². The first kappa shape index (κ1) is 14.5. The molecule has 0 aliphatic rings. The molecule has 0 spiro atoms. The van der Waals surface area contributed by atoms with Gasteiger partial charge < -0.3 is 9.64 Å². The van der Waals surface area contributed by atoms with E-state index >= 15 is 0 Å². The topological polar surface area (TPSA) is 12.5 Å². The van der Waals surface area contributed by atoms with Crippen molar-refractivity contribution in [3.05, 3.63) is 29.8 Å². The third-order valence-corrected chi connectivity index (χ3v) is 4.19. The summed E-state index contributed by atoms with van der Waals surface area (Å²) in [4.78, 5) is 2.35. The largest absolute Gasteiger partial charge is 0.497 e. The molecule has 17 heavy (non-hydrogen) atoms. The van der Waals surface area contributed by atoms with Gasteiger partial charge in [-0.15, -0.1) is 0 Å². The van der Waals surface area contributed by atoms with Crippen LogP contribution in [-0.2, 0) is 6.54 Å². The van der Waals surface area contributed by atoms with Crippen LogP contribution in [0.2, 0.25) is 0 Å². The highest BCUT2D eigenvalue weighted by molar-refractivity contribution is 9.09. The van der Waals surface area contributed by atoms with Crippen molar-refractivity contribution in [1.82, 2.24) is 4.90 Å². The molecule has 0 atom stereocenters. The number of hydrogen-bond acceptors (Lipinski definition) is 2. The van der Waals surface area contributed by atoms with Crippen molar-refractivity contribution in [1.29, 1.82) is 0 Å². The van der Waals surface area contributed by atoms with E-state index in [4.69, 9.17) is 4.74 Å². The zero-order chi connectivity index (χ0) is 12.9. The highest BCUT2D eigenvalue weighted by Crippen LogP contribution is 2.20. The Morgan fingerprint density at radius 2 is 1.82 bits per heavy atom. The van der Waals surface area contributed by atoms with Crippen molar-refractivity contribution < 1.29 is 4.74 Å². The summed E-state index contributed by atoms with van der Waals surface area (Å²) in [6.07, 6.45) is 0. The summed E-state index contributed by atoms with van der Waals surface area (Å²) in [7, 11) is 3.86. The van der Waals surface area contributed by atoms with Gasteiger partial charge in [0.1, 0.15) is 5.75 Å². The van der Waals surface area contributed by atoms with E-state index in [1.54, 1.807) is 7.11 Å². The van der Waals surface area contributed by atoms with Crippen molar-refractivity contribution in [3.63, 3.8) is 0 Å². The van der Waals surface area contributed by atoms with E-state index in [1.807, 2.05) is 12.1 Å². The lowest BCUT2D eigenvalue weighted by molar-refractivity contribution is 0.226. The first-order chi connectivity index (χ1) is 7.96. The number of ether oxygens (including phenoxy) is 1. The zero-order valence-corrected chi connectivity index (χ0v) is 12.8. The molecule has 0 radical (unpaired) electrons. The second-order valence-electron chi connectivity index (χ2n) is 5.32. The summed E-state index contributed by atoms with van der Waals surface area (Å²) in [5.74, 6) is 0.914. The van der Waals surface area contributed by atoms with Crippen LogP contribution in [0.15, 0.2) is 24.3 Å². The molecule has 1 aromatic carbocycles. The fourth-order valence-corrected chi connectivity index (χ4v) is 2.05. The summed E-state index contributed by atoms with van der Waals surface area (Å²) in [5, 5.41) is 1.02. The summed E-state index contributed by atoms with van der Waals surface area (Å²) < 4.78 is 5.15. The molecule has 0 aromatic heterocycles. The predicted octanol–water partition coefficient (Wildman–Crippen LogP) is 3.55. The van der Waals surface area contributed by atoms with Crippen LogP contribution < -0.4 is 4.74 Å². The number of benzene rings is 1. The molecule has 0 fully saturated rings. The third kappa shape index (κ3) is 5.09. The summed E-state index contributed by atoms with van der Waals surface area (Å²) in [5.41, 5.74) is 1.62. The summed E-state index contributed by atoms with van der Waals surface area (Å²) in [6, 6.07) is 8.27. The van der Waals surface area contributed by atoms with Gasteiger partial charge in [0, 0.05) is 18.4 Å². The molecule has 0 amide bonds. The van der Waals surface area contributed by atoms with Gasteiger partial charge in [-0.25, -0.2) is 0 Å². The molecule has 0 saturated carbocycles. The Bertz CT molecular complexity index is 335. The maximum Gasteiger partial charge on any atom is 0.118 e. The molecule has 0 aliphatic carbocycles. The van der Waals surface area contributed by atoms with Crippen LogP contribution in [0, 0.1) is 5.41 Å². The van der Waals surface area contributed by atoms with E-state index in [-0.39, 0.29) is 0 Å². The van der Waals surface area contributed by atoms with Crippen LogP contribution in [-0.4, -0.2) is 30.9 Å². The highest BCUT2D eigenvalue weighted by Gasteiger charge is 2.18. The van der Waals surface area contributed by atoms with Crippen molar-refractivity contribution in [3.8, 4) is 5.75 Å². The monoisotopic (exact) mass is 299 g/mol. The summed E-state index contributed by atoms with van der Waals surface area (Å²) >= 11 is 3.56. The molecular formula is C14H22BrNO. The Labute approximate surface area is 113 Å². The van der Waals surface area contributed by atoms with Gasteiger partial charge in [0.25, 0.3) is 0 Å². The molecule has 1 rings (SSSR count). The van der Waals surface area contributed by atoms with Crippen molar-refractivity contribution in [2.24, 2.45) is 5.41 Å². The number of alkyl halides is 1. The normalized spacial score (nSPS) is 11.9. The molecule has 0 heterocycles. The van der Waals surface area contributed by atoms with Crippen molar-refractivity contribution in [2.45, 2.75) is 20.4 Å². The minimum Gasteiger partial charge on any atom is -0.497 e. The lowest BCUT2D eigenvalue weighted by Crippen LogP contribution is -2.32.